The number of rotatable bonds is 8. The summed E-state index contributed by atoms with van der Waals surface area (Å²) in [4.78, 5) is 11.5. The average molecular weight is 276 g/mol. The fraction of sp³-hybridized carbons (Fsp3) is 0.625. The van der Waals surface area contributed by atoms with Gasteiger partial charge in [0.1, 0.15) is 5.82 Å². The van der Waals surface area contributed by atoms with Crippen molar-refractivity contribution in [2.24, 2.45) is 0 Å². The number of hydrogen-bond acceptors (Lipinski definition) is 4. The molecule has 1 N–H and O–H groups in total. The molecule has 4 nitrogen and oxygen atoms in total. The van der Waals surface area contributed by atoms with Gasteiger partial charge in [-0.25, -0.2) is 9.97 Å². The highest BCUT2D eigenvalue weighted by molar-refractivity contribution is 5.50. The van der Waals surface area contributed by atoms with Crippen molar-refractivity contribution in [3.63, 3.8) is 0 Å². The molecule has 0 aromatic carbocycles. The Balaban J connectivity index is 3.17. The molecule has 1 aromatic rings. The van der Waals surface area contributed by atoms with Crippen LogP contribution in [0.3, 0.4) is 0 Å². The third-order valence-corrected chi connectivity index (χ3v) is 3.18. The normalized spacial score (nSPS) is 11.2. The minimum Gasteiger partial charge on any atom is -0.363 e. The van der Waals surface area contributed by atoms with Gasteiger partial charge in [-0.2, -0.15) is 0 Å². The van der Waals surface area contributed by atoms with Gasteiger partial charge in [0.15, 0.2) is 0 Å². The maximum absolute atomic E-state index is 4.75. The van der Waals surface area contributed by atoms with Crippen LogP contribution in [0.15, 0.2) is 18.9 Å². The van der Waals surface area contributed by atoms with Gasteiger partial charge in [-0.15, -0.1) is 6.58 Å². The van der Waals surface area contributed by atoms with Crippen LogP contribution in [0.4, 0.5) is 5.69 Å². The van der Waals surface area contributed by atoms with Gasteiger partial charge in [-0.3, -0.25) is 0 Å². The summed E-state index contributed by atoms with van der Waals surface area (Å²) < 4.78 is 0. The van der Waals surface area contributed by atoms with E-state index in [9.17, 15) is 0 Å². The molecule has 1 aromatic heterocycles. The number of hydrogen-bond donors (Lipinski definition) is 1. The smallest absolute Gasteiger partial charge is 0.131 e. The van der Waals surface area contributed by atoms with Gasteiger partial charge in [-0.1, -0.05) is 26.8 Å². The highest BCUT2D eigenvalue weighted by Crippen LogP contribution is 2.22. The lowest BCUT2D eigenvalue weighted by molar-refractivity contribution is 0.663. The lowest BCUT2D eigenvalue weighted by atomic mass is 10.2. The van der Waals surface area contributed by atoms with E-state index in [2.05, 4.69) is 56.4 Å². The number of aromatic nitrogens is 2. The molecular weight excluding hydrogens is 248 g/mol. The molecule has 0 aliphatic carbocycles. The Hall–Kier alpha value is -1.42. The molecule has 112 valence electrons. The van der Waals surface area contributed by atoms with Gasteiger partial charge < -0.3 is 10.2 Å². The van der Waals surface area contributed by atoms with Crippen LogP contribution in [-0.4, -0.2) is 29.1 Å². The van der Waals surface area contributed by atoms with Crippen LogP contribution in [0.1, 0.15) is 52.1 Å². The third-order valence-electron chi connectivity index (χ3n) is 3.18. The maximum atomic E-state index is 4.75. The van der Waals surface area contributed by atoms with E-state index in [1.807, 2.05) is 12.3 Å². The van der Waals surface area contributed by atoms with Crippen LogP contribution in [0.2, 0.25) is 0 Å². The molecule has 0 saturated carbocycles. The van der Waals surface area contributed by atoms with Crippen LogP contribution < -0.4 is 10.2 Å². The van der Waals surface area contributed by atoms with Crippen molar-refractivity contribution in [3.8, 4) is 0 Å². The van der Waals surface area contributed by atoms with Crippen LogP contribution in [0, 0.1) is 0 Å². The van der Waals surface area contributed by atoms with Gasteiger partial charge >= 0.3 is 0 Å². The van der Waals surface area contributed by atoms with E-state index >= 15 is 0 Å². The van der Waals surface area contributed by atoms with Crippen LogP contribution in [-0.2, 0) is 6.54 Å². The molecule has 0 fully saturated rings. The van der Waals surface area contributed by atoms with Crippen LogP contribution >= 0.6 is 0 Å². The van der Waals surface area contributed by atoms with Crippen molar-refractivity contribution in [3.05, 3.63) is 30.4 Å². The van der Waals surface area contributed by atoms with Crippen LogP contribution in [0.5, 0.6) is 0 Å². The van der Waals surface area contributed by atoms with Gasteiger partial charge in [-0.05, 0) is 20.4 Å². The number of nitrogens with one attached hydrogen (secondary N) is 1. The molecule has 1 rings (SSSR count). The number of anilines is 1. The molecule has 0 spiro atoms. The Morgan fingerprint density at radius 1 is 1.35 bits per heavy atom. The van der Waals surface area contributed by atoms with E-state index in [0.29, 0.717) is 12.0 Å². The summed E-state index contributed by atoms with van der Waals surface area (Å²) in [6.45, 7) is 17.1. The molecule has 0 atom stereocenters. The summed E-state index contributed by atoms with van der Waals surface area (Å²) in [6, 6.07) is 0.391. The Morgan fingerprint density at radius 2 is 2.05 bits per heavy atom. The fourth-order valence-corrected chi connectivity index (χ4v) is 2.04. The standard InChI is InChI=1S/C16H28N4/c1-7-9-20(13(5)6)15-11-18-16(12(3)4)19-14(15)10-17-8-2/h7,11-13,17H,1,8-10H2,2-6H3. The summed E-state index contributed by atoms with van der Waals surface area (Å²) in [6.07, 6.45) is 3.88. The third kappa shape index (κ3) is 4.30. The monoisotopic (exact) mass is 276 g/mol. The highest BCUT2D eigenvalue weighted by atomic mass is 15.2. The predicted octanol–water partition coefficient (Wildman–Crippen LogP) is 3.11. The summed E-state index contributed by atoms with van der Waals surface area (Å²) >= 11 is 0. The molecule has 20 heavy (non-hydrogen) atoms. The quantitative estimate of drug-likeness (QED) is 0.741. The second kappa shape index (κ2) is 8.00. The maximum Gasteiger partial charge on any atom is 0.131 e. The van der Waals surface area contributed by atoms with Crippen molar-refractivity contribution in [2.45, 2.75) is 53.1 Å². The Bertz CT molecular complexity index is 426. The van der Waals surface area contributed by atoms with Gasteiger partial charge in [0.05, 0.1) is 17.6 Å². The molecule has 0 aliphatic heterocycles. The largest absolute Gasteiger partial charge is 0.363 e. The van der Waals surface area contributed by atoms with E-state index in [0.717, 1.165) is 36.8 Å². The van der Waals surface area contributed by atoms with Gasteiger partial charge in [0.2, 0.25) is 0 Å². The Labute approximate surface area is 123 Å². The lowest BCUT2D eigenvalue weighted by Crippen LogP contribution is -2.33. The SMILES string of the molecule is C=CCN(c1cnc(C(C)C)nc1CNCC)C(C)C. The average Bonchev–Trinajstić information content (AvgIpc) is 2.42. The summed E-state index contributed by atoms with van der Waals surface area (Å²) in [5, 5.41) is 3.36. The molecule has 0 unspecified atom stereocenters. The molecule has 1 heterocycles. The zero-order chi connectivity index (χ0) is 15.1. The number of nitrogens with zero attached hydrogens (tertiary/aromatic N) is 3. The summed E-state index contributed by atoms with van der Waals surface area (Å²) in [5.41, 5.74) is 2.17. The van der Waals surface area contributed by atoms with E-state index in [1.54, 1.807) is 0 Å². The minimum atomic E-state index is 0.344. The molecule has 0 radical (unpaired) electrons. The van der Waals surface area contributed by atoms with Crippen molar-refractivity contribution in [1.82, 2.24) is 15.3 Å². The lowest BCUT2D eigenvalue weighted by Gasteiger charge is -2.29. The molecule has 0 aliphatic rings. The van der Waals surface area contributed by atoms with Gasteiger partial charge in [0.25, 0.3) is 0 Å². The molecule has 0 saturated heterocycles. The highest BCUT2D eigenvalue weighted by Gasteiger charge is 2.16. The summed E-state index contributed by atoms with van der Waals surface area (Å²) in [7, 11) is 0. The zero-order valence-electron chi connectivity index (χ0n) is 13.5. The summed E-state index contributed by atoms with van der Waals surface area (Å²) in [5.74, 6) is 1.25. The van der Waals surface area contributed by atoms with Crippen molar-refractivity contribution in [1.29, 1.82) is 0 Å². The van der Waals surface area contributed by atoms with Crippen molar-refractivity contribution >= 4 is 5.69 Å². The minimum absolute atomic E-state index is 0.344. The first kappa shape index (κ1) is 16.6. The van der Waals surface area contributed by atoms with E-state index in [1.165, 1.54) is 0 Å². The molecule has 0 amide bonds. The molecule has 4 heteroatoms. The molecular formula is C16H28N4. The second-order valence-corrected chi connectivity index (χ2v) is 5.53. The first-order chi connectivity index (χ1) is 9.51. The second-order valence-electron chi connectivity index (χ2n) is 5.53. The fourth-order valence-electron chi connectivity index (χ4n) is 2.04. The first-order valence-corrected chi connectivity index (χ1v) is 7.45. The van der Waals surface area contributed by atoms with E-state index < -0.39 is 0 Å². The van der Waals surface area contributed by atoms with Crippen molar-refractivity contribution in [2.75, 3.05) is 18.0 Å². The van der Waals surface area contributed by atoms with Gasteiger partial charge in [0, 0.05) is 25.0 Å². The predicted molar refractivity (Wildman–Crippen MR) is 86.2 cm³/mol. The van der Waals surface area contributed by atoms with Crippen LogP contribution in [0.25, 0.3) is 0 Å². The van der Waals surface area contributed by atoms with Crippen molar-refractivity contribution < 1.29 is 0 Å². The van der Waals surface area contributed by atoms with E-state index in [4.69, 9.17) is 4.98 Å². The Kier molecular flexibility index (Phi) is 6.65. The van der Waals surface area contributed by atoms with E-state index in [-0.39, 0.29) is 0 Å². The topological polar surface area (TPSA) is 41.1 Å². The Morgan fingerprint density at radius 3 is 2.55 bits per heavy atom. The first-order valence-electron chi connectivity index (χ1n) is 7.45. The molecule has 0 bridgehead atoms. The zero-order valence-corrected chi connectivity index (χ0v) is 13.5.